The summed E-state index contributed by atoms with van der Waals surface area (Å²) in [6.45, 7) is 3.65. The van der Waals surface area contributed by atoms with Gasteiger partial charge < -0.3 is 11.1 Å². The summed E-state index contributed by atoms with van der Waals surface area (Å²) in [6.07, 6.45) is 1.47. The number of nitrogens with zero attached hydrogens (tertiary/aromatic N) is 1. The molecule has 0 aliphatic rings. The number of hydrogen-bond acceptors (Lipinski definition) is 3. The number of nitrogens with one attached hydrogen (secondary N) is 1. The maximum absolute atomic E-state index is 12.2. The molecule has 0 saturated carbocycles. The number of nitrogens with two attached hydrogens (primary N) is 1. The average Bonchev–Trinajstić information content (AvgIpc) is 2.37. The maximum atomic E-state index is 12.2. The van der Waals surface area contributed by atoms with Crippen LogP contribution in [0.5, 0.6) is 0 Å². The zero-order valence-corrected chi connectivity index (χ0v) is 13.2. The van der Waals surface area contributed by atoms with Gasteiger partial charge >= 0.3 is 0 Å². The van der Waals surface area contributed by atoms with Crippen LogP contribution in [0.15, 0.2) is 30.5 Å². The number of nitrogen functional groups attached to an aromatic ring is 1. The molecule has 3 N–H and O–H groups in total. The van der Waals surface area contributed by atoms with E-state index >= 15 is 0 Å². The van der Waals surface area contributed by atoms with Crippen LogP contribution < -0.4 is 11.1 Å². The molecular formula is C15H15Cl2N3O. The second-order valence-electron chi connectivity index (χ2n) is 4.77. The highest BCUT2D eigenvalue weighted by atomic mass is 35.5. The van der Waals surface area contributed by atoms with Gasteiger partial charge in [0.15, 0.2) is 0 Å². The number of hydrogen-bond donors (Lipinski definition) is 2. The Morgan fingerprint density at radius 1 is 1.33 bits per heavy atom. The molecule has 110 valence electrons. The summed E-state index contributed by atoms with van der Waals surface area (Å²) < 4.78 is 0. The van der Waals surface area contributed by atoms with Gasteiger partial charge in [0.25, 0.3) is 5.91 Å². The van der Waals surface area contributed by atoms with Crippen LogP contribution in [-0.2, 0) is 0 Å². The van der Waals surface area contributed by atoms with Gasteiger partial charge in [-0.15, -0.1) is 0 Å². The molecular weight excluding hydrogens is 309 g/mol. The summed E-state index contributed by atoms with van der Waals surface area (Å²) in [5, 5.41) is 3.90. The number of halogens is 2. The maximum Gasteiger partial charge on any atom is 0.255 e. The largest absolute Gasteiger partial charge is 0.398 e. The molecule has 0 spiro atoms. The third-order valence-corrected chi connectivity index (χ3v) is 3.66. The van der Waals surface area contributed by atoms with E-state index < -0.39 is 0 Å². The second-order valence-corrected chi connectivity index (χ2v) is 5.62. The molecule has 0 radical (unpaired) electrons. The van der Waals surface area contributed by atoms with Gasteiger partial charge in [-0.25, -0.2) is 0 Å². The van der Waals surface area contributed by atoms with Gasteiger partial charge in [-0.2, -0.15) is 0 Å². The number of anilines is 1. The summed E-state index contributed by atoms with van der Waals surface area (Å²) in [5.74, 6) is -0.293. The molecule has 2 aromatic rings. The summed E-state index contributed by atoms with van der Waals surface area (Å²) in [6, 6.07) is 6.54. The van der Waals surface area contributed by atoms with Crippen LogP contribution in [0.25, 0.3) is 0 Å². The lowest BCUT2D eigenvalue weighted by Gasteiger charge is -2.16. The first-order valence-electron chi connectivity index (χ1n) is 6.36. The Hall–Kier alpha value is -1.78. The molecule has 1 atom stereocenters. The smallest absolute Gasteiger partial charge is 0.255 e. The van der Waals surface area contributed by atoms with Crippen LogP contribution in [0.1, 0.15) is 34.6 Å². The van der Waals surface area contributed by atoms with Crippen molar-refractivity contribution in [3.8, 4) is 0 Å². The molecule has 4 nitrogen and oxygen atoms in total. The van der Waals surface area contributed by atoms with Crippen molar-refractivity contribution in [2.75, 3.05) is 5.73 Å². The zero-order valence-electron chi connectivity index (χ0n) is 11.7. The molecule has 1 heterocycles. The molecule has 1 aromatic heterocycles. The van der Waals surface area contributed by atoms with E-state index in [-0.39, 0.29) is 11.9 Å². The van der Waals surface area contributed by atoms with Gasteiger partial charge in [0.1, 0.15) is 0 Å². The summed E-state index contributed by atoms with van der Waals surface area (Å²) >= 11 is 12.0. The van der Waals surface area contributed by atoms with Crippen molar-refractivity contribution in [1.82, 2.24) is 10.3 Å². The Morgan fingerprint density at radius 2 is 2.05 bits per heavy atom. The van der Waals surface area contributed by atoms with Crippen LogP contribution in [0.2, 0.25) is 10.0 Å². The third-order valence-electron chi connectivity index (χ3n) is 3.09. The predicted molar refractivity (Wildman–Crippen MR) is 85.7 cm³/mol. The fraction of sp³-hybridized carbons (Fsp3) is 0.200. The molecule has 1 aromatic carbocycles. The van der Waals surface area contributed by atoms with E-state index in [2.05, 4.69) is 10.3 Å². The van der Waals surface area contributed by atoms with Crippen LogP contribution in [0, 0.1) is 6.92 Å². The number of aryl methyl sites for hydroxylation is 1. The summed E-state index contributed by atoms with van der Waals surface area (Å²) in [7, 11) is 0. The van der Waals surface area contributed by atoms with Crippen molar-refractivity contribution in [2.45, 2.75) is 19.9 Å². The fourth-order valence-electron chi connectivity index (χ4n) is 1.98. The van der Waals surface area contributed by atoms with Crippen LogP contribution in [0.3, 0.4) is 0 Å². The number of benzene rings is 1. The van der Waals surface area contributed by atoms with Gasteiger partial charge in [0.2, 0.25) is 0 Å². The Balaban J connectivity index is 2.18. The minimum absolute atomic E-state index is 0.275. The molecule has 0 saturated heterocycles. The van der Waals surface area contributed by atoms with E-state index in [9.17, 15) is 4.79 Å². The van der Waals surface area contributed by atoms with Crippen molar-refractivity contribution in [3.63, 3.8) is 0 Å². The molecule has 21 heavy (non-hydrogen) atoms. The van der Waals surface area contributed by atoms with Crippen molar-refractivity contribution in [2.24, 2.45) is 0 Å². The second kappa shape index (κ2) is 6.33. The Kier molecular flexibility index (Phi) is 4.70. The van der Waals surface area contributed by atoms with E-state index in [0.29, 0.717) is 21.3 Å². The van der Waals surface area contributed by atoms with Gasteiger partial charge in [0.05, 0.1) is 11.6 Å². The SMILES string of the molecule is Cc1cc(N)c(C(=O)NC(C)c2ccc(Cl)cc2Cl)cn1. The first-order valence-corrected chi connectivity index (χ1v) is 7.12. The van der Waals surface area contributed by atoms with E-state index in [1.165, 1.54) is 6.20 Å². The third kappa shape index (κ3) is 3.65. The van der Waals surface area contributed by atoms with Gasteiger partial charge in [-0.1, -0.05) is 29.3 Å². The summed E-state index contributed by atoms with van der Waals surface area (Å²) in [5.41, 5.74) is 8.13. The fourth-order valence-corrected chi connectivity index (χ4v) is 2.55. The van der Waals surface area contributed by atoms with Crippen molar-refractivity contribution in [1.29, 1.82) is 0 Å². The van der Waals surface area contributed by atoms with Crippen molar-refractivity contribution < 1.29 is 4.79 Å². The van der Waals surface area contributed by atoms with Crippen LogP contribution >= 0.6 is 23.2 Å². The zero-order chi connectivity index (χ0) is 15.6. The lowest BCUT2D eigenvalue weighted by atomic mass is 10.1. The molecule has 0 aliphatic heterocycles. The molecule has 1 unspecified atom stereocenters. The average molecular weight is 324 g/mol. The minimum atomic E-state index is -0.293. The van der Waals surface area contributed by atoms with Crippen molar-refractivity contribution in [3.05, 3.63) is 57.3 Å². The number of carbonyl (C=O) groups is 1. The lowest BCUT2D eigenvalue weighted by Crippen LogP contribution is -2.27. The molecule has 1 amide bonds. The molecule has 6 heteroatoms. The quantitative estimate of drug-likeness (QED) is 0.903. The number of amides is 1. The highest BCUT2D eigenvalue weighted by Gasteiger charge is 2.16. The number of carbonyl (C=O) groups excluding carboxylic acids is 1. The molecule has 0 fully saturated rings. The van der Waals surface area contributed by atoms with E-state index in [1.54, 1.807) is 24.3 Å². The van der Waals surface area contributed by atoms with Gasteiger partial charge in [0, 0.05) is 27.6 Å². The topological polar surface area (TPSA) is 68.0 Å². The van der Waals surface area contributed by atoms with Crippen LogP contribution in [0.4, 0.5) is 5.69 Å². The summed E-state index contributed by atoms with van der Waals surface area (Å²) in [4.78, 5) is 16.3. The molecule has 0 aliphatic carbocycles. The first-order chi connectivity index (χ1) is 9.88. The highest BCUT2D eigenvalue weighted by Crippen LogP contribution is 2.26. The first kappa shape index (κ1) is 15.6. The monoisotopic (exact) mass is 323 g/mol. The Morgan fingerprint density at radius 3 is 2.67 bits per heavy atom. The number of aromatic nitrogens is 1. The highest BCUT2D eigenvalue weighted by molar-refractivity contribution is 6.35. The van der Waals surface area contributed by atoms with Gasteiger partial charge in [-0.05, 0) is 37.6 Å². The standard InChI is InChI=1S/C15H15Cl2N3O/c1-8-5-14(18)12(7-19-8)15(21)20-9(2)11-4-3-10(16)6-13(11)17/h3-7,9H,1-2H3,(H2,18,19)(H,20,21). The van der Waals surface area contributed by atoms with E-state index in [1.807, 2.05) is 13.8 Å². The number of rotatable bonds is 3. The Labute approximate surface area is 133 Å². The van der Waals surface area contributed by atoms with Gasteiger partial charge in [-0.3, -0.25) is 9.78 Å². The Bertz CT molecular complexity index is 689. The normalized spacial score (nSPS) is 12.0. The lowest BCUT2D eigenvalue weighted by molar-refractivity contribution is 0.0940. The van der Waals surface area contributed by atoms with Crippen molar-refractivity contribution >= 4 is 34.8 Å². The van der Waals surface area contributed by atoms with Crippen LogP contribution in [-0.4, -0.2) is 10.9 Å². The predicted octanol–water partition coefficient (Wildman–Crippen LogP) is 3.77. The molecule has 2 rings (SSSR count). The number of pyridine rings is 1. The van der Waals surface area contributed by atoms with E-state index in [0.717, 1.165) is 11.3 Å². The minimum Gasteiger partial charge on any atom is -0.398 e. The van der Waals surface area contributed by atoms with E-state index in [4.69, 9.17) is 28.9 Å². The molecule has 0 bridgehead atoms.